The zero-order chi connectivity index (χ0) is 7.40. The summed E-state index contributed by atoms with van der Waals surface area (Å²) < 4.78 is 3.60. The summed E-state index contributed by atoms with van der Waals surface area (Å²) >= 11 is 0. The van der Waals surface area contributed by atoms with Gasteiger partial charge < -0.3 is 0 Å². The van der Waals surface area contributed by atoms with Gasteiger partial charge in [-0.15, -0.1) is 6.42 Å². The van der Waals surface area contributed by atoms with E-state index in [-0.39, 0.29) is 0 Å². The molecule has 0 spiro atoms. The lowest BCUT2D eigenvalue weighted by Gasteiger charge is -1.72. The Morgan fingerprint density at radius 3 is 2.90 bits per heavy atom. The summed E-state index contributed by atoms with van der Waals surface area (Å²) in [4.78, 5) is 0. The zero-order valence-corrected chi connectivity index (χ0v) is 5.70. The van der Waals surface area contributed by atoms with Gasteiger partial charge >= 0.3 is 0 Å². The first-order chi connectivity index (χ1) is 4.83. The topological polar surface area (TPSA) is 8.81 Å². The molecule has 0 saturated carbocycles. The average molecular weight is 131 g/mol. The molecule has 0 atom stereocenters. The molecule has 2 nitrogen and oxygen atoms in total. The fourth-order valence-corrected chi connectivity index (χ4v) is 0.613. The Morgan fingerprint density at radius 1 is 1.60 bits per heavy atom. The van der Waals surface area contributed by atoms with Crippen LogP contribution >= 0.6 is 0 Å². The minimum absolute atomic E-state index is 1.71. The molecule has 10 heavy (non-hydrogen) atoms. The van der Waals surface area contributed by atoms with Crippen LogP contribution in [-0.2, 0) is 7.05 Å². The van der Waals surface area contributed by atoms with Crippen LogP contribution in [0.25, 0.3) is 0 Å². The number of rotatable bonds is 0. The SMILES string of the molecule is C#CC#Cn1cc[n+](C)c1. The molecule has 0 unspecified atom stereocenters. The van der Waals surface area contributed by atoms with E-state index in [1.165, 1.54) is 0 Å². The average Bonchev–Trinajstić information content (AvgIpc) is 2.31. The summed E-state index contributed by atoms with van der Waals surface area (Å²) in [6.07, 6.45) is 10.5. The van der Waals surface area contributed by atoms with Gasteiger partial charge in [0.15, 0.2) is 0 Å². The van der Waals surface area contributed by atoms with Crippen LogP contribution in [0.15, 0.2) is 18.7 Å². The van der Waals surface area contributed by atoms with E-state index in [0.29, 0.717) is 0 Å². The van der Waals surface area contributed by atoms with Crippen molar-refractivity contribution in [2.75, 3.05) is 0 Å². The van der Waals surface area contributed by atoms with Crippen molar-refractivity contribution in [2.24, 2.45) is 7.05 Å². The van der Waals surface area contributed by atoms with Gasteiger partial charge in [-0.2, -0.15) is 4.57 Å². The van der Waals surface area contributed by atoms with Gasteiger partial charge in [0.1, 0.15) is 18.4 Å². The Kier molecular flexibility index (Phi) is 1.78. The highest BCUT2D eigenvalue weighted by Crippen LogP contribution is 1.75. The Hall–Kier alpha value is -1.67. The number of hydrogen-bond acceptors (Lipinski definition) is 0. The van der Waals surface area contributed by atoms with E-state index in [9.17, 15) is 0 Å². The molecule has 0 fully saturated rings. The van der Waals surface area contributed by atoms with Crippen LogP contribution in [0.3, 0.4) is 0 Å². The van der Waals surface area contributed by atoms with Crippen molar-refractivity contribution in [3.8, 4) is 24.3 Å². The molecule has 0 aliphatic carbocycles. The van der Waals surface area contributed by atoms with Crippen molar-refractivity contribution in [2.45, 2.75) is 0 Å². The van der Waals surface area contributed by atoms with Gasteiger partial charge in [-0.3, -0.25) is 0 Å². The lowest BCUT2D eigenvalue weighted by atomic mass is 10.7. The molecule has 0 aromatic carbocycles. The van der Waals surface area contributed by atoms with Crippen LogP contribution in [-0.4, -0.2) is 4.57 Å². The van der Waals surface area contributed by atoms with Crippen molar-refractivity contribution in [1.29, 1.82) is 0 Å². The second kappa shape index (κ2) is 2.75. The van der Waals surface area contributed by atoms with Crippen LogP contribution < -0.4 is 4.57 Å². The summed E-state index contributed by atoms with van der Waals surface area (Å²) in [5.74, 6) is 4.74. The number of terminal acetylenes is 1. The van der Waals surface area contributed by atoms with Gasteiger partial charge in [0.05, 0.1) is 7.05 Å². The summed E-state index contributed by atoms with van der Waals surface area (Å²) in [5.41, 5.74) is 0. The summed E-state index contributed by atoms with van der Waals surface area (Å²) in [6, 6.07) is 2.72. The number of aryl methyl sites for hydroxylation is 1. The number of imidazole rings is 1. The molecule has 0 aliphatic rings. The van der Waals surface area contributed by atoms with Crippen LogP contribution in [0, 0.1) is 24.3 Å². The highest BCUT2D eigenvalue weighted by molar-refractivity contribution is 5.21. The minimum atomic E-state index is 1.71. The van der Waals surface area contributed by atoms with E-state index in [1.807, 2.05) is 30.3 Å². The molecule has 1 aromatic rings. The molecule has 0 saturated heterocycles. The predicted octanol–water partition coefficient (Wildman–Crippen LogP) is -0.245. The molecule has 1 rings (SSSR count). The number of aromatic nitrogens is 2. The quantitative estimate of drug-likeness (QED) is 0.339. The molecular weight excluding hydrogens is 124 g/mol. The van der Waals surface area contributed by atoms with Crippen LogP contribution in [0.1, 0.15) is 0 Å². The molecule has 48 valence electrons. The fraction of sp³-hybridized carbons (Fsp3) is 0.125. The Labute approximate surface area is 60.1 Å². The Balaban J connectivity index is 2.89. The van der Waals surface area contributed by atoms with E-state index >= 15 is 0 Å². The molecular formula is C8H7N2+. The van der Waals surface area contributed by atoms with E-state index in [0.717, 1.165) is 0 Å². The third kappa shape index (κ3) is 1.40. The van der Waals surface area contributed by atoms with Gasteiger partial charge in [-0.05, 0) is 5.92 Å². The monoisotopic (exact) mass is 131 g/mol. The van der Waals surface area contributed by atoms with Crippen LogP contribution in [0.2, 0.25) is 0 Å². The second-order valence-corrected chi connectivity index (χ2v) is 1.87. The Bertz CT molecular complexity index is 317. The van der Waals surface area contributed by atoms with E-state index in [1.54, 1.807) is 4.57 Å². The smallest absolute Gasteiger partial charge is 0.239 e. The van der Waals surface area contributed by atoms with Crippen molar-refractivity contribution in [1.82, 2.24) is 4.57 Å². The number of hydrogen-bond donors (Lipinski definition) is 0. The summed E-state index contributed by atoms with van der Waals surface area (Å²) in [6.45, 7) is 0. The van der Waals surface area contributed by atoms with Gasteiger partial charge in [0, 0.05) is 5.92 Å². The van der Waals surface area contributed by atoms with Crippen molar-refractivity contribution in [3.63, 3.8) is 0 Å². The highest BCUT2D eigenvalue weighted by Gasteiger charge is 1.92. The largest absolute Gasteiger partial charge is 0.257 e. The first-order valence-corrected chi connectivity index (χ1v) is 2.83. The maximum Gasteiger partial charge on any atom is 0.257 e. The third-order valence-electron chi connectivity index (χ3n) is 1.03. The predicted molar refractivity (Wildman–Crippen MR) is 37.6 cm³/mol. The summed E-state index contributed by atoms with van der Waals surface area (Å²) in [7, 11) is 1.92. The Morgan fingerprint density at radius 2 is 2.40 bits per heavy atom. The molecule has 0 bridgehead atoms. The molecule has 0 radical (unpaired) electrons. The normalized spacial score (nSPS) is 7.60. The number of nitrogens with zero attached hydrogens (tertiary/aromatic N) is 2. The van der Waals surface area contributed by atoms with Crippen molar-refractivity contribution < 1.29 is 4.57 Å². The van der Waals surface area contributed by atoms with Crippen LogP contribution in [0.5, 0.6) is 0 Å². The zero-order valence-electron chi connectivity index (χ0n) is 5.70. The molecule has 0 aliphatic heterocycles. The lowest BCUT2D eigenvalue weighted by molar-refractivity contribution is -0.670. The molecule has 1 heterocycles. The lowest BCUT2D eigenvalue weighted by Crippen LogP contribution is -2.23. The second-order valence-electron chi connectivity index (χ2n) is 1.87. The standard InChI is InChI=1S/C8H7N2/c1-3-4-5-10-7-6-9(2)8-10/h1,6-8H,2H3/q+1. The maximum absolute atomic E-state index is 4.94. The van der Waals surface area contributed by atoms with Crippen molar-refractivity contribution in [3.05, 3.63) is 18.7 Å². The molecule has 0 amide bonds. The van der Waals surface area contributed by atoms with Gasteiger partial charge in [0.25, 0.3) is 6.33 Å². The van der Waals surface area contributed by atoms with Gasteiger partial charge in [-0.1, -0.05) is 0 Å². The van der Waals surface area contributed by atoms with E-state index < -0.39 is 0 Å². The third-order valence-corrected chi connectivity index (χ3v) is 1.03. The van der Waals surface area contributed by atoms with Crippen molar-refractivity contribution >= 4 is 0 Å². The van der Waals surface area contributed by atoms with Crippen LogP contribution in [0.4, 0.5) is 0 Å². The highest BCUT2D eigenvalue weighted by atomic mass is 15.1. The summed E-state index contributed by atoms with van der Waals surface area (Å²) in [5, 5.41) is 0. The molecule has 0 N–H and O–H groups in total. The van der Waals surface area contributed by atoms with Gasteiger partial charge in [-0.25, -0.2) is 4.57 Å². The maximum atomic E-state index is 4.94. The first kappa shape index (κ1) is 6.45. The molecule has 1 aromatic heterocycles. The van der Waals surface area contributed by atoms with Gasteiger partial charge in [0.2, 0.25) is 0 Å². The minimum Gasteiger partial charge on any atom is -0.239 e. The van der Waals surface area contributed by atoms with E-state index in [2.05, 4.69) is 17.9 Å². The molecule has 2 heteroatoms. The fourth-order valence-electron chi connectivity index (χ4n) is 0.613. The van der Waals surface area contributed by atoms with E-state index in [4.69, 9.17) is 6.42 Å². The first-order valence-electron chi connectivity index (χ1n) is 2.83.